The van der Waals surface area contributed by atoms with Crippen LogP contribution in [0.25, 0.3) is 0 Å². The second-order valence-electron chi connectivity index (χ2n) is 4.98. The second kappa shape index (κ2) is 6.87. The molecule has 0 saturated carbocycles. The highest BCUT2D eigenvalue weighted by molar-refractivity contribution is 6.30. The lowest BCUT2D eigenvalue weighted by atomic mass is 10.2. The van der Waals surface area contributed by atoms with Gasteiger partial charge in [0.15, 0.2) is 11.6 Å². The van der Waals surface area contributed by atoms with Crippen molar-refractivity contribution < 1.29 is 13.5 Å². The molecule has 0 aliphatic heterocycles. The summed E-state index contributed by atoms with van der Waals surface area (Å²) < 4.78 is 32.4. The molecule has 0 fully saturated rings. The molecule has 0 radical (unpaired) electrons. The Balaban J connectivity index is 2.11. The predicted molar refractivity (Wildman–Crippen MR) is 79.9 cm³/mol. The SMILES string of the molecule is CC(C)NCc1ccc(Oc2ccc(F)c(Cl)c2)c(F)c1. The van der Waals surface area contributed by atoms with Crippen molar-refractivity contribution in [3.05, 3.63) is 58.6 Å². The van der Waals surface area contributed by atoms with E-state index in [0.717, 1.165) is 5.56 Å². The van der Waals surface area contributed by atoms with Crippen molar-refractivity contribution in [3.8, 4) is 11.5 Å². The van der Waals surface area contributed by atoms with Gasteiger partial charge >= 0.3 is 0 Å². The fraction of sp³-hybridized carbons (Fsp3) is 0.250. The highest BCUT2D eigenvalue weighted by Gasteiger charge is 2.08. The number of hydrogen-bond acceptors (Lipinski definition) is 2. The largest absolute Gasteiger partial charge is 0.454 e. The molecule has 0 amide bonds. The topological polar surface area (TPSA) is 21.3 Å². The van der Waals surface area contributed by atoms with Crippen LogP contribution in [0.5, 0.6) is 11.5 Å². The first-order chi connectivity index (χ1) is 9.95. The molecule has 2 nitrogen and oxygen atoms in total. The highest BCUT2D eigenvalue weighted by Crippen LogP contribution is 2.28. The third-order valence-corrected chi connectivity index (χ3v) is 3.12. The summed E-state index contributed by atoms with van der Waals surface area (Å²) in [6.07, 6.45) is 0. The fourth-order valence-electron chi connectivity index (χ4n) is 1.73. The van der Waals surface area contributed by atoms with Crippen LogP contribution >= 0.6 is 11.6 Å². The predicted octanol–water partition coefficient (Wildman–Crippen LogP) is 4.91. The van der Waals surface area contributed by atoms with Gasteiger partial charge < -0.3 is 10.1 Å². The lowest BCUT2D eigenvalue weighted by Gasteiger charge is -2.11. The summed E-state index contributed by atoms with van der Waals surface area (Å²) >= 11 is 5.66. The molecule has 0 aliphatic carbocycles. The molecule has 0 bridgehead atoms. The molecule has 2 aromatic carbocycles. The number of rotatable bonds is 5. The molecule has 2 aromatic rings. The summed E-state index contributed by atoms with van der Waals surface area (Å²) in [5, 5.41) is 3.14. The summed E-state index contributed by atoms with van der Waals surface area (Å²) in [6.45, 7) is 4.62. The number of hydrogen-bond donors (Lipinski definition) is 1. The minimum Gasteiger partial charge on any atom is -0.454 e. The van der Waals surface area contributed by atoms with Gasteiger partial charge in [-0.3, -0.25) is 0 Å². The van der Waals surface area contributed by atoms with E-state index in [-0.39, 0.29) is 16.5 Å². The van der Waals surface area contributed by atoms with Crippen LogP contribution in [0.2, 0.25) is 5.02 Å². The van der Waals surface area contributed by atoms with E-state index in [0.29, 0.717) is 12.6 Å². The van der Waals surface area contributed by atoms with E-state index in [4.69, 9.17) is 16.3 Å². The number of halogens is 3. The van der Waals surface area contributed by atoms with Gasteiger partial charge in [0.1, 0.15) is 11.6 Å². The smallest absolute Gasteiger partial charge is 0.166 e. The Bertz CT molecular complexity index is 632. The van der Waals surface area contributed by atoms with Gasteiger partial charge in [-0.15, -0.1) is 0 Å². The summed E-state index contributed by atoms with van der Waals surface area (Å²) in [7, 11) is 0. The van der Waals surface area contributed by atoms with Crippen molar-refractivity contribution in [1.29, 1.82) is 0 Å². The maximum atomic E-state index is 14.0. The third-order valence-electron chi connectivity index (χ3n) is 2.83. The molecule has 21 heavy (non-hydrogen) atoms. The first kappa shape index (κ1) is 15.7. The summed E-state index contributed by atoms with van der Waals surface area (Å²) in [4.78, 5) is 0. The maximum absolute atomic E-state index is 14.0. The molecular formula is C16H16ClF2NO. The molecule has 0 heterocycles. The van der Waals surface area contributed by atoms with Gasteiger partial charge in [0.05, 0.1) is 5.02 Å². The van der Waals surface area contributed by atoms with Crippen LogP contribution in [0.15, 0.2) is 36.4 Å². The van der Waals surface area contributed by atoms with Crippen LogP contribution in [0.3, 0.4) is 0 Å². The molecule has 0 saturated heterocycles. The van der Waals surface area contributed by atoms with Gasteiger partial charge in [0.25, 0.3) is 0 Å². The Morgan fingerprint density at radius 3 is 2.48 bits per heavy atom. The van der Waals surface area contributed by atoms with Crippen molar-refractivity contribution in [3.63, 3.8) is 0 Å². The van der Waals surface area contributed by atoms with Crippen LogP contribution in [0.4, 0.5) is 8.78 Å². The lowest BCUT2D eigenvalue weighted by Crippen LogP contribution is -2.21. The van der Waals surface area contributed by atoms with E-state index < -0.39 is 11.6 Å². The molecule has 0 aromatic heterocycles. The summed E-state index contributed by atoms with van der Waals surface area (Å²) in [5.41, 5.74) is 0.825. The Labute approximate surface area is 127 Å². The molecule has 5 heteroatoms. The van der Waals surface area contributed by atoms with Crippen molar-refractivity contribution in [2.75, 3.05) is 0 Å². The molecule has 2 rings (SSSR count). The zero-order valence-corrected chi connectivity index (χ0v) is 12.5. The van der Waals surface area contributed by atoms with Crippen molar-refractivity contribution >= 4 is 11.6 Å². The Kier molecular flexibility index (Phi) is 5.15. The van der Waals surface area contributed by atoms with E-state index >= 15 is 0 Å². The van der Waals surface area contributed by atoms with Gasteiger partial charge in [-0.25, -0.2) is 8.78 Å². The van der Waals surface area contributed by atoms with Crippen LogP contribution in [-0.2, 0) is 6.54 Å². The van der Waals surface area contributed by atoms with Crippen LogP contribution in [-0.4, -0.2) is 6.04 Å². The monoisotopic (exact) mass is 311 g/mol. The highest BCUT2D eigenvalue weighted by atomic mass is 35.5. The zero-order valence-electron chi connectivity index (χ0n) is 11.8. The van der Waals surface area contributed by atoms with Crippen LogP contribution in [0, 0.1) is 11.6 Å². The first-order valence-electron chi connectivity index (χ1n) is 6.60. The maximum Gasteiger partial charge on any atom is 0.166 e. The van der Waals surface area contributed by atoms with E-state index in [1.165, 1.54) is 24.3 Å². The van der Waals surface area contributed by atoms with Crippen molar-refractivity contribution in [1.82, 2.24) is 5.32 Å². The van der Waals surface area contributed by atoms with E-state index in [1.807, 2.05) is 13.8 Å². The molecule has 0 atom stereocenters. The Hall–Kier alpha value is -1.65. The standard InChI is InChI=1S/C16H16ClF2NO/c1-10(2)20-9-11-3-6-16(15(19)7-11)21-12-4-5-14(18)13(17)8-12/h3-8,10,20H,9H2,1-2H3. The number of benzene rings is 2. The fourth-order valence-corrected chi connectivity index (χ4v) is 1.90. The van der Waals surface area contributed by atoms with Gasteiger partial charge in [-0.1, -0.05) is 31.5 Å². The van der Waals surface area contributed by atoms with E-state index in [2.05, 4.69) is 5.32 Å². The molecule has 0 spiro atoms. The normalized spacial score (nSPS) is 11.0. The quantitative estimate of drug-likeness (QED) is 0.847. The summed E-state index contributed by atoms with van der Waals surface area (Å²) in [5.74, 6) is -0.655. The third kappa shape index (κ3) is 4.41. The van der Waals surface area contributed by atoms with E-state index in [1.54, 1.807) is 12.1 Å². The average Bonchev–Trinajstić information content (AvgIpc) is 2.43. The number of nitrogens with one attached hydrogen (secondary N) is 1. The molecule has 0 aliphatic rings. The van der Waals surface area contributed by atoms with E-state index in [9.17, 15) is 8.78 Å². The molecule has 112 valence electrons. The van der Waals surface area contributed by atoms with Gasteiger partial charge in [0, 0.05) is 18.7 Å². The second-order valence-corrected chi connectivity index (χ2v) is 5.39. The molecular weight excluding hydrogens is 296 g/mol. The van der Waals surface area contributed by atoms with Crippen molar-refractivity contribution in [2.24, 2.45) is 0 Å². The number of ether oxygens (including phenoxy) is 1. The molecule has 1 N–H and O–H groups in total. The van der Waals surface area contributed by atoms with Crippen molar-refractivity contribution in [2.45, 2.75) is 26.4 Å². The lowest BCUT2D eigenvalue weighted by molar-refractivity contribution is 0.440. The van der Waals surface area contributed by atoms with Crippen LogP contribution in [0.1, 0.15) is 19.4 Å². The minimum absolute atomic E-state index is 0.0642. The van der Waals surface area contributed by atoms with Crippen LogP contribution < -0.4 is 10.1 Å². The Morgan fingerprint density at radius 1 is 1.10 bits per heavy atom. The average molecular weight is 312 g/mol. The van der Waals surface area contributed by atoms with Gasteiger partial charge in [-0.05, 0) is 29.8 Å². The van der Waals surface area contributed by atoms with Gasteiger partial charge in [-0.2, -0.15) is 0 Å². The van der Waals surface area contributed by atoms with Gasteiger partial charge in [0.2, 0.25) is 0 Å². The molecule has 0 unspecified atom stereocenters. The zero-order chi connectivity index (χ0) is 15.4. The first-order valence-corrected chi connectivity index (χ1v) is 6.98. The summed E-state index contributed by atoms with van der Waals surface area (Å²) in [6, 6.07) is 8.94. The Morgan fingerprint density at radius 2 is 1.86 bits per heavy atom. The minimum atomic E-state index is -0.542.